The van der Waals surface area contributed by atoms with Crippen LogP contribution in [0.15, 0.2) is 49.1 Å². The minimum Gasteiger partial charge on any atom is -0.348 e. The number of aryl methyl sites for hydroxylation is 1. The van der Waals surface area contributed by atoms with E-state index >= 15 is 0 Å². The van der Waals surface area contributed by atoms with Crippen LogP contribution in [0.3, 0.4) is 0 Å². The maximum Gasteiger partial charge on any atom is 0.416 e. The molecular formula is C17H15F3N4. The quantitative estimate of drug-likeness (QED) is 0.788. The van der Waals surface area contributed by atoms with Crippen LogP contribution in [0.5, 0.6) is 0 Å². The summed E-state index contributed by atoms with van der Waals surface area (Å²) in [4.78, 5) is 7.07. The molecule has 0 aliphatic carbocycles. The Morgan fingerprint density at radius 2 is 2.04 bits per heavy atom. The lowest BCUT2D eigenvalue weighted by molar-refractivity contribution is -0.137. The summed E-state index contributed by atoms with van der Waals surface area (Å²) in [5.74, 6) is -0.175. The van der Waals surface area contributed by atoms with Gasteiger partial charge in [0.25, 0.3) is 0 Å². The van der Waals surface area contributed by atoms with E-state index in [1.54, 1.807) is 31.7 Å². The fourth-order valence-electron chi connectivity index (χ4n) is 2.74. The van der Waals surface area contributed by atoms with E-state index in [-0.39, 0.29) is 5.92 Å². The van der Waals surface area contributed by atoms with Gasteiger partial charge in [-0.2, -0.15) is 23.4 Å². The van der Waals surface area contributed by atoms with Gasteiger partial charge in [-0.15, -0.1) is 0 Å². The molecule has 3 rings (SSSR count). The van der Waals surface area contributed by atoms with Gasteiger partial charge in [0.05, 0.1) is 17.6 Å². The fraction of sp³-hybridized carbons (Fsp3) is 0.235. The van der Waals surface area contributed by atoms with Crippen molar-refractivity contribution in [1.29, 1.82) is 0 Å². The highest BCUT2D eigenvalue weighted by atomic mass is 19.4. The van der Waals surface area contributed by atoms with Crippen LogP contribution >= 0.6 is 0 Å². The molecule has 0 aliphatic rings. The van der Waals surface area contributed by atoms with E-state index < -0.39 is 11.7 Å². The smallest absolute Gasteiger partial charge is 0.348 e. The number of rotatable bonds is 4. The van der Waals surface area contributed by atoms with Gasteiger partial charge in [0.15, 0.2) is 0 Å². The number of hydrogen-bond donors (Lipinski definition) is 1. The number of imidazole rings is 1. The number of aromatic amines is 1. The van der Waals surface area contributed by atoms with E-state index in [4.69, 9.17) is 0 Å². The average Bonchev–Trinajstić information content (AvgIpc) is 3.07. The minimum atomic E-state index is -4.35. The van der Waals surface area contributed by atoms with Crippen molar-refractivity contribution in [2.24, 2.45) is 0 Å². The molecule has 3 aromatic rings. The second-order valence-electron chi connectivity index (χ2n) is 5.55. The van der Waals surface area contributed by atoms with Crippen molar-refractivity contribution in [3.05, 3.63) is 77.1 Å². The van der Waals surface area contributed by atoms with E-state index in [1.165, 1.54) is 12.1 Å². The molecule has 0 saturated heterocycles. The molecular weight excluding hydrogens is 317 g/mol. The maximum absolute atomic E-state index is 12.9. The zero-order valence-electron chi connectivity index (χ0n) is 12.9. The van der Waals surface area contributed by atoms with Crippen molar-refractivity contribution >= 4 is 0 Å². The molecule has 0 amide bonds. The third kappa shape index (κ3) is 3.45. The Morgan fingerprint density at radius 3 is 2.62 bits per heavy atom. The zero-order chi connectivity index (χ0) is 17.2. The molecule has 2 aromatic heterocycles. The highest BCUT2D eigenvalue weighted by Crippen LogP contribution is 2.34. The zero-order valence-corrected chi connectivity index (χ0v) is 12.9. The summed E-state index contributed by atoms with van der Waals surface area (Å²) in [6.45, 7) is 1.69. The molecule has 0 spiro atoms. The number of halogens is 3. The van der Waals surface area contributed by atoms with E-state index in [1.807, 2.05) is 6.07 Å². The van der Waals surface area contributed by atoms with Crippen LogP contribution in [-0.2, 0) is 12.6 Å². The summed E-state index contributed by atoms with van der Waals surface area (Å²) in [5.41, 5.74) is 2.32. The molecule has 1 N–H and O–H groups in total. The maximum atomic E-state index is 12.9. The standard InChI is InChI=1S/C17H15F3N4/c1-11-7-12(17(18,19)20)4-5-14(11)15(16-9-21-10-22-16)8-13-3-2-6-23-24-13/h2-7,9-10,15H,8H2,1H3,(H,21,22). The monoisotopic (exact) mass is 332 g/mol. The number of nitrogens with zero attached hydrogens (tertiary/aromatic N) is 3. The van der Waals surface area contributed by atoms with Gasteiger partial charge in [-0.3, -0.25) is 0 Å². The topological polar surface area (TPSA) is 54.5 Å². The van der Waals surface area contributed by atoms with E-state index in [0.717, 1.165) is 23.0 Å². The van der Waals surface area contributed by atoms with Crippen LogP contribution in [0.4, 0.5) is 13.2 Å². The molecule has 0 saturated carbocycles. The summed E-state index contributed by atoms with van der Waals surface area (Å²) in [5, 5.41) is 7.93. The van der Waals surface area contributed by atoms with Crippen LogP contribution in [0.1, 0.15) is 34.0 Å². The molecule has 0 aliphatic heterocycles. The van der Waals surface area contributed by atoms with Crippen molar-refractivity contribution in [1.82, 2.24) is 20.2 Å². The summed E-state index contributed by atoms with van der Waals surface area (Å²) in [6, 6.07) is 7.44. The summed E-state index contributed by atoms with van der Waals surface area (Å²) in [6.07, 6.45) is 0.981. The van der Waals surface area contributed by atoms with Gasteiger partial charge in [-0.05, 0) is 42.3 Å². The van der Waals surface area contributed by atoms with Crippen molar-refractivity contribution in [2.45, 2.75) is 25.4 Å². The van der Waals surface area contributed by atoms with Gasteiger partial charge >= 0.3 is 6.18 Å². The van der Waals surface area contributed by atoms with Gasteiger partial charge < -0.3 is 4.98 Å². The molecule has 1 aromatic carbocycles. The fourth-order valence-corrected chi connectivity index (χ4v) is 2.74. The lowest BCUT2D eigenvalue weighted by atomic mass is 9.87. The van der Waals surface area contributed by atoms with Crippen molar-refractivity contribution in [3.8, 4) is 0 Å². The van der Waals surface area contributed by atoms with Crippen molar-refractivity contribution in [2.75, 3.05) is 0 Å². The summed E-state index contributed by atoms with van der Waals surface area (Å²) in [7, 11) is 0. The van der Waals surface area contributed by atoms with E-state index in [9.17, 15) is 13.2 Å². The number of H-pyrrole nitrogens is 1. The average molecular weight is 332 g/mol. The Labute approximate surface area is 136 Å². The first-order valence-electron chi connectivity index (χ1n) is 7.38. The van der Waals surface area contributed by atoms with Crippen LogP contribution in [0.2, 0.25) is 0 Å². The van der Waals surface area contributed by atoms with Crippen LogP contribution in [0, 0.1) is 6.92 Å². The molecule has 0 bridgehead atoms. The Hall–Kier alpha value is -2.70. The van der Waals surface area contributed by atoms with Crippen molar-refractivity contribution < 1.29 is 13.2 Å². The number of alkyl halides is 3. The molecule has 1 atom stereocenters. The van der Waals surface area contributed by atoms with E-state index in [2.05, 4.69) is 20.2 Å². The number of nitrogens with one attached hydrogen (secondary N) is 1. The first-order valence-corrected chi connectivity index (χ1v) is 7.38. The third-order valence-corrected chi connectivity index (χ3v) is 3.91. The molecule has 2 heterocycles. The van der Waals surface area contributed by atoms with Gasteiger partial charge in [-0.25, -0.2) is 4.98 Å². The molecule has 0 radical (unpaired) electrons. The second-order valence-corrected chi connectivity index (χ2v) is 5.55. The summed E-state index contributed by atoms with van der Waals surface area (Å²) >= 11 is 0. The Balaban J connectivity index is 2.00. The van der Waals surface area contributed by atoms with Crippen LogP contribution in [-0.4, -0.2) is 20.2 Å². The Kier molecular flexibility index (Phi) is 4.33. The predicted octanol–water partition coefficient (Wildman–Crippen LogP) is 3.90. The number of hydrogen-bond acceptors (Lipinski definition) is 3. The molecule has 24 heavy (non-hydrogen) atoms. The first kappa shape index (κ1) is 16.2. The second kappa shape index (κ2) is 6.43. The molecule has 4 nitrogen and oxygen atoms in total. The van der Waals surface area contributed by atoms with Gasteiger partial charge in [0, 0.05) is 30.4 Å². The molecule has 0 fully saturated rings. The largest absolute Gasteiger partial charge is 0.416 e. The highest BCUT2D eigenvalue weighted by Gasteiger charge is 2.31. The van der Waals surface area contributed by atoms with Crippen LogP contribution < -0.4 is 0 Å². The van der Waals surface area contributed by atoms with Gasteiger partial charge in [-0.1, -0.05) is 6.07 Å². The summed E-state index contributed by atoms with van der Waals surface area (Å²) < 4.78 is 38.7. The van der Waals surface area contributed by atoms with Crippen LogP contribution in [0.25, 0.3) is 0 Å². The predicted molar refractivity (Wildman–Crippen MR) is 82.3 cm³/mol. The third-order valence-electron chi connectivity index (χ3n) is 3.91. The van der Waals surface area contributed by atoms with E-state index in [0.29, 0.717) is 12.0 Å². The molecule has 7 heteroatoms. The Morgan fingerprint density at radius 1 is 1.21 bits per heavy atom. The van der Waals surface area contributed by atoms with Gasteiger partial charge in [0.1, 0.15) is 0 Å². The number of benzene rings is 1. The lowest BCUT2D eigenvalue weighted by Crippen LogP contribution is -2.11. The molecule has 124 valence electrons. The van der Waals surface area contributed by atoms with Crippen molar-refractivity contribution in [3.63, 3.8) is 0 Å². The number of aromatic nitrogens is 4. The molecule has 1 unspecified atom stereocenters. The lowest BCUT2D eigenvalue weighted by Gasteiger charge is -2.19. The minimum absolute atomic E-state index is 0.175. The van der Waals surface area contributed by atoms with Gasteiger partial charge in [0.2, 0.25) is 0 Å². The first-order chi connectivity index (χ1) is 11.4. The normalized spacial score (nSPS) is 13.0. The highest BCUT2D eigenvalue weighted by molar-refractivity contribution is 5.39. The SMILES string of the molecule is Cc1cc(C(F)(F)F)ccc1C(Cc1cccnn1)c1cnc[nH]1. The Bertz CT molecular complexity index is 798.